The maximum Gasteiger partial charge on any atom is 0.331 e. The molecule has 43 heavy (non-hydrogen) atoms. The van der Waals surface area contributed by atoms with Crippen LogP contribution in [0.1, 0.15) is 41.7 Å². The predicted octanol–water partition coefficient (Wildman–Crippen LogP) is 6.33. The van der Waals surface area contributed by atoms with E-state index >= 15 is 0 Å². The van der Waals surface area contributed by atoms with Gasteiger partial charge in [-0.15, -0.1) is 0 Å². The Balaban J connectivity index is 1.50. The number of pyridine rings is 1. The first kappa shape index (κ1) is 29.8. The minimum absolute atomic E-state index is 0.0194. The van der Waals surface area contributed by atoms with Gasteiger partial charge in [-0.1, -0.05) is 48.0 Å². The molecular formula is C33H29ClFN3O5. The van der Waals surface area contributed by atoms with Gasteiger partial charge in [0.05, 0.1) is 22.9 Å². The lowest BCUT2D eigenvalue weighted by Crippen LogP contribution is -2.53. The fourth-order valence-electron chi connectivity index (χ4n) is 5.19. The lowest BCUT2D eigenvalue weighted by atomic mass is 9.96. The second-order valence-corrected chi connectivity index (χ2v) is 10.9. The number of nitrogens with zero attached hydrogens (tertiary/aromatic N) is 3. The number of hydrogen-bond donors (Lipinski definition) is 2. The van der Waals surface area contributed by atoms with Crippen LogP contribution < -0.4 is 14.4 Å². The monoisotopic (exact) mass is 601 g/mol. The van der Waals surface area contributed by atoms with Crippen molar-refractivity contribution in [2.45, 2.75) is 38.0 Å². The number of halogens is 2. The van der Waals surface area contributed by atoms with E-state index in [-0.39, 0.29) is 29.3 Å². The first-order chi connectivity index (χ1) is 20.7. The highest BCUT2D eigenvalue weighted by atomic mass is 35.5. The second-order valence-electron chi connectivity index (χ2n) is 10.5. The molecule has 10 heteroatoms. The van der Waals surface area contributed by atoms with Crippen LogP contribution in [0.5, 0.6) is 11.5 Å². The summed E-state index contributed by atoms with van der Waals surface area (Å²) in [6, 6.07) is 19.2. The molecule has 4 aromatic rings. The molecule has 1 aliphatic carbocycles. The maximum atomic E-state index is 14.6. The molecule has 1 heterocycles. The standard InChI is InChI=1S/C33H29ClFN3O5/c1-33(19-39,32(40)41)38(2)28-13-26(34)30(14-31(28)42-18-21-12-20(15-36)16-37-17-21)43-29-11-10-23-22(7-5-8-25(23)29)24-6-3-4-9-27(24)35/h3-9,12-14,16-17,29,39H,10-11,18-19H2,1-2H3,(H,40,41)/t29-,33-/m0/s1. The van der Waals surface area contributed by atoms with E-state index in [4.69, 9.17) is 21.1 Å². The third-order valence-electron chi connectivity index (χ3n) is 7.85. The number of aliphatic carboxylic acids is 1. The third kappa shape index (κ3) is 5.85. The van der Waals surface area contributed by atoms with Gasteiger partial charge in [-0.2, -0.15) is 5.26 Å². The van der Waals surface area contributed by atoms with Crippen molar-refractivity contribution < 1.29 is 28.9 Å². The van der Waals surface area contributed by atoms with Gasteiger partial charge in [-0.3, -0.25) is 4.98 Å². The average molecular weight is 602 g/mol. The number of anilines is 1. The van der Waals surface area contributed by atoms with Crippen molar-refractivity contribution in [1.82, 2.24) is 4.98 Å². The van der Waals surface area contributed by atoms with Crippen LogP contribution in [-0.2, 0) is 17.8 Å². The summed E-state index contributed by atoms with van der Waals surface area (Å²) in [4.78, 5) is 17.6. The van der Waals surface area contributed by atoms with Crippen LogP contribution in [0.2, 0.25) is 5.02 Å². The number of ether oxygens (including phenoxy) is 2. The fourth-order valence-corrected chi connectivity index (χ4v) is 5.39. The summed E-state index contributed by atoms with van der Waals surface area (Å²) in [5, 5.41) is 29.3. The van der Waals surface area contributed by atoms with Gasteiger partial charge < -0.3 is 24.6 Å². The molecule has 0 spiro atoms. The lowest BCUT2D eigenvalue weighted by Gasteiger charge is -2.36. The summed E-state index contributed by atoms with van der Waals surface area (Å²) in [5.74, 6) is -0.966. The highest BCUT2D eigenvalue weighted by Gasteiger charge is 2.39. The Labute approximate surface area is 253 Å². The minimum Gasteiger partial charge on any atom is -0.487 e. The Hall–Kier alpha value is -4.65. The summed E-state index contributed by atoms with van der Waals surface area (Å²) >= 11 is 6.72. The number of likely N-dealkylation sites (N-methyl/N-ethyl adjacent to an activating group) is 1. The molecule has 0 fully saturated rings. The Morgan fingerprint density at radius 2 is 1.93 bits per heavy atom. The number of aliphatic hydroxyl groups is 1. The Morgan fingerprint density at radius 1 is 1.16 bits per heavy atom. The molecule has 0 bridgehead atoms. The van der Waals surface area contributed by atoms with Gasteiger partial charge in [0.25, 0.3) is 0 Å². The third-order valence-corrected chi connectivity index (χ3v) is 8.15. The van der Waals surface area contributed by atoms with Gasteiger partial charge in [-0.05, 0) is 54.7 Å². The summed E-state index contributed by atoms with van der Waals surface area (Å²) < 4.78 is 27.2. The second kappa shape index (κ2) is 12.3. The van der Waals surface area contributed by atoms with Gasteiger partial charge in [0.2, 0.25) is 0 Å². The number of aromatic nitrogens is 1. The number of hydrogen-bond acceptors (Lipinski definition) is 7. The van der Waals surface area contributed by atoms with E-state index in [9.17, 15) is 24.7 Å². The summed E-state index contributed by atoms with van der Waals surface area (Å²) in [5.41, 5.74) is 2.91. The number of carbonyl (C=O) groups is 1. The number of fused-ring (bicyclic) bond motifs is 1. The number of rotatable bonds is 10. The average Bonchev–Trinajstić information content (AvgIpc) is 3.43. The van der Waals surface area contributed by atoms with E-state index in [0.717, 1.165) is 16.7 Å². The zero-order valence-corrected chi connectivity index (χ0v) is 24.3. The molecule has 0 saturated carbocycles. The normalized spacial score (nSPS) is 15.2. The quantitative estimate of drug-likeness (QED) is 0.217. The fraction of sp³-hybridized carbons (Fsp3) is 0.242. The summed E-state index contributed by atoms with van der Waals surface area (Å²) in [6.07, 6.45) is 3.96. The van der Waals surface area contributed by atoms with E-state index in [1.807, 2.05) is 24.3 Å². The molecule has 8 nitrogen and oxygen atoms in total. The van der Waals surface area contributed by atoms with Crippen LogP contribution in [-0.4, -0.2) is 40.4 Å². The highest BCUT2D eigenvalue weighted by molar-refractivity contribution is 6.32. The van der Waals surface area contributed by atoms with E-state index in [2.05, 4.69) is 4.98 Å². The number of benzene rings is 3. The highest BCUT2D eigenvalue weighted by Crippen LogP contribution is 2.45. The molecule has 5 rings (SSSR count). The van der Waals surface area contributed by atoms with Gasteiger partial charge in [-0.25, -0.2) is 9.18 Å². The molecule has 0 aliphatic heterocycles. The maximum absolute atomic E-state index is 14.6. The number of carboxylic acids is 1. The van der Waals surface area contributed by atoms with Crippen molar-refractivity contribution in [3.63, 3.8) is 0 Å². The van der Waals surface area contributed by atoms with E-state index < -0.39 is 18.1 Å². The molecule has 2 N–H and O–H groups in total. The first-order valence-electron chi connectivity index (χ1n) is 13.6. The molecule has 0 unspecified atom stereocenters. The van der Waals surface area contributed by atoms with Crippen LogP contribution in [0.4, 0.5) is 10.1 Å². The minimum atomic E-state index is -1.68. The van der Waals surface area contributed by atoms with Gasteiger partial charge in [0, 0.05) is 36.6 Å². The number of aliphatic hydroxyl groups excluding tert-OH is 1. The molecule has 0 amide bonds. The van der Waals surface area contributed by atoms with E-state index in [0.29, 0.717) is 41.0 Å². The molecule has 2 atom stereocenters. The van der Waals surface area contributed by atoms with Crippen LogP contribution in [0.3, 0.4) is 0 Å². The van der Waals surface area contributed by atoms with Gasteiger partial charge in [0.1, 0.15) is 36.1 Å². The summed E-state index contributed by atoms with van der Waals surface area (Å²) in [7, 11) is 1.53. The molecule has 1 aromatic heterocycles. The van der Waals surface area contributed by atoms with Crippen molar-refractivity contribution in [2.75, 3.05) is 18.6 Å². The van der Waals surface area contributed by atoms with Crippen LogP contribution in [0, 0.1) is 17.1 Å². The largest absolute Gasteiger partial charge is 0.487 e. The molecule has 3 aromatic carbocycles. The molecule has 220 valence electrons. The molecule has 0 radical (unpaired) electrons. The SMILES string of the molecule is CN(c1cc(Cl)c(O[C@H]2CCc3c(-c4ccccc4F)cccc32)cc1OCc1cncc(C#N)c1)[C@@](C)(CO)C(=O)O. The van der Waals surface area contributed by atoms with E-state index in [1.165, 1.54) is 31.1 Å². The van der Waals surface area contributed by atoms with Crippen LogP contribution in [0.15, 0.2) is 73.1 Å². The topological polar surface area (TPSA) is 116 Å². The van der Waals surface area contributed by atoms with Crippen molar-refractivity contribution in [1.29, 1.82) is 5.26 Å². The Morgan fingerprint density at radius 3 is 2.65 bits per heavy atom. The molecular weight excluding hydrogens is 573 g/mol. The smallest absolute Gasteiger partial charge is 0.331 e. The van der Waals surface area contributed by atoms with Gasteiger partial charge >= 0.3 is 5.97 Å². The van der Waals surface area contributed by atoms with Crippen LogP contribution >= 0.6 is 11.6 Å². The predicted molar refractivity (Wildman–Crippen MR) is 160 cm³/mol. The number of nitriles is 1. The first-order valence-corrected chi connectivity index (χ1v) is 14.0. The van der Waals surface area contributed by atoms with Crippen LogP contribution in [0.25, 0.3) is 11.1 Å². The number of carboxylic acid groups (broad SMARTS) is 1. The lowest BCUT2D eigenvalue weighted by molar-refractivity contribution is -0.144. The van der Waals surface area contributed by atoms with Crippen molar-refractivity contribution >= 4 is 23.3 Å². The van der Waals surface area contributed by atoms with E-state index in [1.54, 1.807) is 42.6 Å². The molecule has 0 saturated heterocycles. The zero-order valence-electron chi connectivity index (χ0n) is 23.6. The zero-order chi connectivity index (χ0) is 30.7. The Bertz CT molecular complexity index is 1730. The van der Waals surface area contributed by atoms with Crippen molar-refractivity contribution in [3.05, 3.63) is 106 Å². The molecule has 1 aliphatic rings. The summed E-state index contributed by atoms with van der Waals surface area (Å²) in [6.45, 7) is 0.734. The van der Waals surface area contributed by atoms with Gasteiger partial charge in [0.15, 0.2) is 5.54 Å². The van der Waals surface area contributed by atoms with Crippen molar-refractivity contribution in [2.24, 2.45) is 0 Å². The van der Waals surface area contributed by atoms with Crippen molar-refractivity contribution in [3.8, 4) is 28.7 Å². The Kier molecular flexibility index (Phi) is 8.53.